The zero-order valence-electron chi connectivity index (χ0n) is 8.88. The van der Waals surface area contributed by atoms with Gasteiger partial charge in [0, 0.05) is 4.88 Å². The summed E-state index contributed by atoms with van der Waals surface area (Å²) >= 11 is 10.4. The molecule has 0 aliphatic carbocycles. The van der Waals surface area contributed by atoms with E-state index in [2.05, 4.69) is 15.9 Å². The number of aryl methyl sites for hydroxylation is 1. The van der Waals surface area contributed by atoms with Gasteiger partial charge in [0.1, 0.15) is 11.9 Å². The Kier molecular flexibility index (Phi) is 3.88. The number of benzene rings is 1. The fraction of sp³-hybridized carbons (Fsp3) is 0.167. The molecule has 2 rings (SSSR count). The second-order valence-electron chi connectivity index (χ2n) is 3.68. The fourth-order valence-corrected chi connectivity index (χ4v) is 3.09. The molecule has 90 valence electrons. The van der Waals surface area contributed by atoms with Gasteiger partial charge in [-0.1, -0.05) is 17.7 Å². The van der Waals surface area contributed by atoms with E-state index in [0.29, 0.717) is 14.4 Å². The summed E-state index contributed by atoms with van der Waals surface area (Å²) in [6.45, 7) is 1.88. The standard InChI is InChI=1S/C12H9BrClFOS/c1-6-4-10(17-12(6)14)11(16)7-2-3-9(15)8(13)5-7/h2-5,11,16H,1H3. The smallest absolute Gasteiger partial charge is 0.137 e. The van der Waals surface area contributed by atoms with Crippen molar-refractivity contribution in [1.82, 2.24) is 0 Å². The number of thiophene rings is 1. The Morgan fingerprint density at radius 1 is 1.41 bits per heavy atom. The quantitative estimate of drug-likeness (QED) is 0.844. The first kappa shape index (κ1) is 13.0. The lowest BCUT2D eigenvalue weighted by Gasteiger charge is -2.09. The molecule has 1 aromatic heterocycles. The van der Waals surface area contributed by atoms with Crippen LogP contribution in [-0.2, 0) is 0 Å². The molecule has 0 spiro atoms. The average molecular weight is 336 g/mol. The predicted molar refractivity (Wildman–Crippen MR) is 72.2 cm³/mol. The summed E-state index contributed by atoms with van der Waals surface area (Å²) in [5.74, 6) is -0.346. The predicted octanol–water partition coefficient (Wildman–Crippen LogP) is 4.69. The molecule has 0 radical (unpaired) electrons. The van der Waals surface area contributed by atoms with E-state index in [4.69, 9.17) is 11.6 Å². The van der Waals surface area contributed by atoms with Gasteiger partial charge in [0.15, 0.2) is 0 Å². The average Bonchev–Trinajstić information content (AvgIpc) is 2.62. The maximum absolute atomic E-state index is 13.1. The highest BCUT2D eigenvalue weighted by atomic mass is 79.9. The Hall–Kier alpha value is -0.420. The van der Waals surface area contributed by atoms with Gasteiger partial charge in [0.05, 0.1) is 8.81 Å². The van der Waals surface area contributed by atoms with Crippen molar-refractivity contribution in [2.75, 3.05) is 0 Å². The maximum atomic E-state index is 13.1. The summed E-state index contributed by atoms with van der Waals surface area (Å²) in [5, 5.41) is 10.2. The van der Waals surface area contributed by atoms with Crippen LogP contribution in [0.3, 0.4) is 0 Å². The van der Waals surface area contributed by atoms with Crippen LogP contribution in [0.4, 0.5) is 4.39 Å². The highest BCUT2D eigenvalue weighted by Gasteiger charge is 2.15. The van der Waals surface area contributed by atoms with Crippen LogP contribution in [0.1, 0.15) is 22.1 Å². The summed E-state index contributed by atoms with van der Waals surface area (Å²) in [7, 11) is 0. The van der Waals surface area contributed by atoms with Crippen molar-refractivity contribution in [2.24, 2.45) is 0 Å². The van der Waals surface area contributed by atoms with Crippen molar-refractivity contribution in [3.8, 4) is 0 Å². The van der Waals surface area contributed by atoms with Gasteiger partial charge in [-0.25, -0.2) is 4.39 Å². The first-order valence-electron chi connectivity index (χ1n) is 4.88. The van der Waals surface area contributed by atoms with Crippen molar-refractivity contribution in [3.63, 3.8) is 0 Å². The monoisotopic (exact) mass is 334 g/mol. The minimum Gasteiger partial charge on any atom is -0.383 e. The summed E-state index contributed by atoms with van der Waals surface area (Å²) in [6, 6.07) is 6.30. The van der Waals surface area contributed by atoms with Gasteiger partial charge in [0.25, 0.3) is 0 Å². The Balaban J connectivity index is 2.36. The number of rotatable bonds is 2. The van der Waals surface area contributed by atoms with Gasteiger partial charge in [-0.15, -0.1) is 11.3 Å². The molecule has 1 atom stereocenters. The lowest BCUT2D eigenvalue weighted by molar-refractivity contribution is 0.224. The normalized spacial score (nSPS) is 12.8. The summed E-state index contributed by atoms with van der Waals surface area (Å²) in [5.41, 5.74) is 1.57. The van der Waals surface area contributed by atoms with Crippen LogP contribution in [-0.4, -0.2) is 5.11 Å². The summed E-state index contributed by atoms with van der Waals surface area (Å²) < 4.78 is 14.1. The summed E-state index contributed by atoms with van der Waals surface area (Å²) in [4.78, 5) is 0.756. The zero-order valence-corrected chi connectivity index (χ0v) is 12.0. The Morgan fingerprint density at radius 3 is 2.65 bits per heavy atom. The van der Waals surface area contributed by atoms with Gasteiger partial charge >= 0.3 is 0 Å². The number of aliphatic hydroxyl groups is 1. The molecule has 0 fully saturated rings. The third kappa shape index (κ3) is 2.71. The van der Waals surface area contributed by atoms with E-state index >= 15 is 0 Å². The second-order valence-corrected chi connectivity index (χ2v) is 6.22. The van der Waals surface area contributed by atoms with Crippen molar-refractivity contribution in [1.29, 1.82) is 0 Å². The topological polar surface area (TPSA) is 20.2 Å². The Labute approximate surface area is 116 Å². The van der Waals surface area contributed by atoms with Gasteiger partial charge in [-0.3, -0.25) is 0 Å². The second kappa shape index (κ2) is 5.06. The first-order chi connectivity index (χ1) is 7.99. The minimum absolute atomic E-state index is 0.341. The molecular formula is C12H9BrClFOS. The van der Waals surface area contributed by atoms with Crippen LogP contribution in [0, 0.1) is 12.7 Å². The zero-order chi connectivity index (χ0) is 12.6. The van der Waals surface area contributed by atoms with E-state index < -0.39 is 6.10 Å². The third-order valence-electron chi connectivity index (χ3n) is 2.41. The number of aliphatic hydroxyl groups excluding tert-OH is 1. The number of hydrogen-bond acceptors (Lipinski definition) is 2. The molecule has 1 heterocycles. The number of halogens is 3. The molecule has 1 nitrogen and oxygen atoms in total. The van der Waals surface area contributed by atoms with Gasteiger partial charge in [-0.05, 0) is 52.2 Å². The molecular weight excluding hydrogens is 327 g/mol. The third-order valence-corrected chi connectivity index (χ3v) is 4.62. The lowest BCUT2D eigenvalue weighted by Crippen LogP contribution is -1.97. The molecule has 1 unspecified atom stereocenters. The van der Waals surface area contributed by atoms with Crippen LogP contribution in [0.2, 0.25) is 4.34 Å². The molecule has 0 saturated heterocycles. The molecule has 0 aliphatic heterocycles. The SMILES string of the molecule is Cc1cc(C(O)c2ccc(F)c(Br)c2)sc1Cl. The van der Waals surface area contributed by atoms with E-state index in [1.54, 1.807) is 12.1 Å². The molecule has 1 N–H and O–H groups in total. The largest absolute Gasteiger partial charge is 0.383 e. The van der Waals surface area contributed by atoms with E-state index in [1.807, 2.05) is 13.0 Å². The Bertz CT molecular complexity index is 536. The molecule has 17 heavy (non-hydrogen) atoms. The van der Waals surface area contributed by atoms with Crippen molar-refractivity contribution >= 4 is 38.9 Å². The lowest BCUT2D eigenvalue weighted by atomic mass is 10.1. The molecule has 5 heteroatoms. The highest BCUT2D eigenvalue weighted by molar-refractivity contribution is 9.10. The van der Waals surface area contributed by atoms with Gasteiger partial charge in [-0.2, -0.15) is 0 Å². The van der Waals surface area contributed by atoms with Crippen molar-refractivity contribution in [3.05, 3.63) is 54.9 Å². The first-order valence-corrected chi connectivity index (χ1v) is 6.86. The van der Waals surface area contributed by atoms with Crippen LogP contribution >= 0.6 is 38.9 Å². The van der Waals surface area contributed by atoms with Crippen LogP contribution < -0.4 is 0 Å². The fourth-order valence-electron chi connectivity index (χ4n) is 1.47. The minimum atomic E-state index is -0.775. The number of hydrogen-bond donors (Lipinski definition) is 1. The molecule has 1 aromatic carbocycles. The van der Waals surface area contributed by atoms with Crippen molar-refractivity contribution < 1.29 is 9.50 Å². The van der Waals surface area contributed by atoms with Crippen LogP contribution in [0.25, 0.3) is 0 Å². The molecule has 0 bridgehead atoms. The van der Waals surface area contributed by atoms with Gasteiger partial charge in [0.2, 0.25) is 0 Å². The Morgan fingerprint density at radius 2 is 2.12 bits per heavy atom. The molecule has 0 aliphatic rings. The molecule has 2 aromatic rings. The van der Waals surface area contributed by atoms with E-state index in [9.17, 15) is 9.50 Å². The van der Waals surface area contributed by atoms with Crippen LogP contribution in [0.5, 0.6) is 0 Å². The van der Waals surface area contributed by atoms with E-state index in [1.165, 1.54) is 17.4 Å². The molecule has 0 saturated carbocycles. The molecule has 0 amide bonds. The van der Waals surface area contributed by atoms with Gasteiger partial charge < -0.3 is 5.11 Å². The van der Waals surface area contributed by atoms with E-state index in [-0.39, 0.29) is 5.82 Å². The van der Waals surface area contributed by atoms with E-state index in [0.717, 1.165) is 10.4 Å². The summed E-state index contributed by atoms with van der Waals surface area (Å²) in [6.07, 6.45) is -0.775. The maximum Gasteiger partial charge on any atom is 0.137 e. The highest BCUT2D eigenvalue weighted by Crippen LogP contribution is 2.34. The van der Waals surface area contributed by atoms with Crippen molar-refractivity contribution in [2.45, 2.75) is 13.0 Å². The van der Waals surface area contributed by atoms with Crippen LogP contribution in [0.15, 0.2) is 28.7 Å².